The Kier molecular flexibility index (Phi) is 10.0. The second-order valence-corrected chi connectivity index (χ2v) is 3.77. The molecule has 0 aromatic rings. The third-order valence-electron chi connectivity index (χ3n) is 1.84. The molecule has 7 heteroatoms. The van der Waals surface area contributed by atoms with Gasteiger partial charge in [-0.3, -0.25) is 0 Å². The molecular formula is C8H18O5S2. The first-order valence-electron chi connectivity index (χ1n) is 4.45. The Bertz CT molecular complexity index is 130. The Morgan fingerprint density at radius 2 is 1.67 bits per heavy atom. The van der Waals surface area contributed by atoms with Gasteiger partial charge in [0.05, 0.1) is 45.1 Å². The summed E-state index contributed by atoms with van der Waals surface area (Å²) in [6, 6.07) is 0. The van der Waals surface area contributed by atoms with E-state index in [1.54, 1.807) is 7.11 Å². The minimum absolute atomic E-state index is 0.0213. The fourth-order valence-corrected chi connectivity index (χ4v) is 1.73. The highest BCUT2D eigenvalue weighted by atomic mass is 32.1. The maximum absolute atomic E-state index is 8.60. The molecule has 0 rings (SSSR count). The molecule has 0 fully saturated rings. The Morgan fingerprint density at radius 3 is 2.07 bits per heavy atom. The molecule has 0 radical (unpaired) electrons. The van der Waals surface area contributed by atoms with Crippen molar-refractivity contribution < 1.29 is 22.9 Å². The Morgan fingerprint density at radius 1 is 1.07 bits per heavy atom. The van der Waals surface area contributed by atoms with E-state index in [0.717, 1.165) is 0 Å². The van der Waals surface area contributed by atoms with Crippen molar-refractivity contribution in [2.75, 3.05) is 46.8 Å². The summed E-state index contributed by atoms with van der Waals surface area (Å²) in [6.45, 7) is 1.63. The van der Waals surface area contributed by atoms with Gasteiger partial charge in [-0.15, -0.1) is 0 Å². The highest BCUT2D eigenvalue weighted by Crippen LogP contribution is 2.21. The Balaban J connectivity index is 4.18. The summed E-state index contributed by atoms with van der Waals surface area (Å²) in [7, 11) is 1.58. The molecule has 5 nitrogen and oxygen atoms in total. The van der Waals surface area contributed by atoms with Crippen LogP contribution in [0.25, 0.3) is 0 Å². The van der Waals surface area contributed by atoms with Gasteiger partial charge in [0.1, 0.15) is 0 Å². The molecule has 0 saturated carbocycles. The lowest BCUT2D eigenvalue weighted by atomic mass is 9.92. The zero-order chi connectivity index (χ0) is 11.6. The van der Waals surface area contributed by atoms with E-state index >= 15 is 0 Å². The maximum Gasteiger partial charge on any atom is 0.0734 e. The van der Waals surface area contributed by atoms with Gasteiger partial charge in [0.15, 0.2) is 0 Å². The van der Waals surface area contributed by atoms with E-state index < -0.39 is 5.41 Å². The van der Waals surface area contributed by atoms with Crippen LogP contribution in [0.3, 0.4) is 0 Å². The molecular weight excluding hydrogens is 240 g/mol. The van der Waals surface area contributed by atoms with Gasteiger partial charge in [0.25, 0.3) is 0 Å². The molecule has 1 N–H and O–H groups in total. The molecule has 0 atom stereocenters. The lowest BCUT2D eigenvalue weighted by Gasteiger charge is -2.30. The number of hydrogen-bond acceptors (Lipinski definition) is 7. The van der Waals surface area contributed by atoms with E-state index in [4.69, 9.17) is 22.9 Å². The lowest BCUT2D eigenvalue weighted by molar-refractivity contribution is -0.0547. The van der Waals surface area contributed by atoms with Crippen LogP contribution >= 0.6 is 25.8 Å². The summed E-state index contributed by atoms with van der Waals surface area (Å²) in [5, 5.41) is 8.60. The summed E-state index contributed by atoms with van der Waals surface area (Å²) in [5.74, 6) is 0. The first-order chi connectivity index (χ1) is 7.24. The van der Waals surface area contributed by atoms with Crippen LogP contribution in [0, 0.1) is 5.41 Å². The minimum atomic E-state index is -0.451. The van der Waals surface area contributed by atoms with E-state index in [9.17, 15) is 0 Å². The van der Waals surface area contributed by atoms with Gasteiger partial charge in [-0.25, -0.2) is 0 Å². The van der Waals surface area contributed by atoms with Crippen LogP contribution in [-0.4, -0.2) is 51.9 Å². The highest BCUT2D eigenvalue weighted by molar-refractivity contribution is 7.75. The molecule has 0 saturated heterocycles. The van der Waals surface area contributed by atoms with Crippen LogP contribution in [-0.2, 0) is 17.8 Å². The highest BCUT2D eigenvalue weighted by Gasteiger charge is 2.31. The molecule has 0 bridgehead atoms. The van der Waals surface area contributed by atoms with E-state index in [2.05, 4.69) is 25.8 Å². The number of ether oxygens (including phenoxy) is 2. The molecule has 92 valence electrons. The molecule has 0 aromatic carbocycles. The zero-order valence-electron chi connectivity index (χ0n) is 8.72. The van der Waals surface area contributed by atoms with Crippen LogP contribution in [0.1, 0.15) is 0 Å². The largest absolute Gasteiger partial charge is 0.394 e. The Hall–Kier alpha value is 0.500. The molecule has 0 amide bonds. The third-order valence-corrected chi connectivity index (χ3v) is 2.09. The van der Waals surface area contributed by atoms with Crippen molar-refractivity contribution in [3.05, 3.63) is 0 Å². The van der Waals surface area contributed by atoms with Crippen molar-refractivity contribution >= 4 is 25.8 Å². The number of hydrogen-bond donors (Lipinski definition) is 3. The second-order valence-electron chi connectivity index (χ2n) is 3.26. The smallest absolute Gasteiger partial charge is 0.0734 e. The normalized spacial score (nSPS) is 12.0. The summed E-state index contributed by atoms with van der Waals surface area (Å²) in [6.07, 6.45) is 0. The van der Waals surface area contributed by atoms with Gasteiger partial charge in [0, 0.05) is 7.11 Å². The van der Waals surface area contributed by atoms with Gasteiger partial charge >= 0.3 is 0 Å². The van der Waals surface area contributed by atoms with Crippen molar-refractivity contribution in [1.29, 1.82) is 0 Å². The molecule has 15 heavy (non-hydrogen) atoms. The number of rotatable bonds is 10. The van der Waals surface area contributed by atoms with Gasteiger partial charge in [-0.1, -0.05) is 0 Å². The third kappa shape index (κ3) is 6.62. The first-order valence-corrected chi connectivity index (χ1v) is 5.18. The van der Waals surface area contributed by atoms with E-state index in [-0.39, 0.29) is 13.2 Å². The average molecular weight is 258 g/mol. The minimum Gasteiger partial charge on any atom is -0.394 e. The SMILES string of the molecule is COCC(COS)(COS)COCCO. The monoisotopic (exact) mass is 258 g/mol. The van der Waals surface area contributed by atoms with Crippen molar-refractivity contribution in [1.82, 2.24) is 0 Å². The predicted molar refractivity (Wildman–Crippen MR) is 62.1 cm³/mol. The first kappa shape index (κ1) is 15.5. The molecule has 0 aliphatic carbocycles. The zero-order valence-corrected chi connectivity index (χ0v) is 10.5. The fourth-order valence-electron chi connectivity index (χ4n) is 1.18. The number of methoxy groups -OCH3 is 1. The van der Waals surface area contributed by atoms with Crippen molar-refractivity contribution in [3.8, 4) is 0 Å². The molecule has 0 aliphatic heterocycles. The summed E-state index contributed by atoms with van der Waals surface area (Å²) in [5.41, 5.74) is -0.451. The summed E-state index contributed by atoms with van der Waals surface area (Å²) < 4.78 is 19.9. The second kappa shape index (κ2) is 9.71. The van der Waals surface area contributed by atoms with Gasteiger partial charge in [-0.2, -0.15) is 0 Å². The topological polar surface area (TPSA) is 57.2 Å². The van der Waals surface area contributed by atoms with Crippen molar-refractivity contribution in [2.45, 2.75) is 0 Å². The molecule has 0 unspecified atom stereocenters. The van der Waals surface area contributed by atoms with Crippen LogP contribution in [0.4, 0.5) is 0 Å². The fraction of sp³-hybridized carbons (Fsp3) is 1.00. The lowest BCUT2D eigenvalue weighted by Crippen LogP contribution is -2.40. The van der Waals surface area contributed by atoms with Gasteiger partial charge in [0.2, 0.25) is 0 Å². The summed E-state index contributed by atoms with van der Waals surface area (Å²) in [4.78, 5) is 0. The molecule has 0 spiro atoms. The van der Waals surface area contributed by atoms with Crippen LogP contribution in [0.15, 0.2) is 0 Å². The summed E-state index contributed by atoms with van der Waals surface area (Å²) >= 11 is 7.41. The number of thiol groups is 2. The van der Waals surface area contributed by atoms with Crippen LogP contribution in [0.5, 0.6) is 0 Å². The molecule has 0 aromatic heterocycles. The number of aliphatic hydroxyl groups is 1. The molecule has 0 heterocycles. The van der Waals surface area contributed by atoms with Gasteiger partial charge < -0.3 is 22.9 Å². The van der Waals surface area contributed by atoms with E-state index in [0.29, 0.717) is 26.4 Å². The predicted octanol–water partition coefficient (Wildman–Crippen LogP) is 0.351. The van der Waals surface area contributed by atoms with E-state index in [1.807, 2.05) is 0 Å². The van der Waals surface area contributed by atoms with Gasteiger partial charge in [-0.05, 0) is 25.8 Å². The standard InChI is InChI=1S/C8H18O5S2/c1-10-4-8(6-12-14,7-13-15)5-11-3-2-9/h9,14-15H,2-7H2,1H3. The quantitative estimate of drug-likeness (QED) is 0.300. The average Bonchev–Trinajstić information content (AvgIpc) is 2.19. The van der Waals surface area contributed by atoms with Crippen molar-refractivity contribution in [3.63, 3.8) is 0 Å². The number of aliphatic hydroxyl groups excluding tert-OH is 1. The van der Waals surface area contributed by atoms with E-state index in [1.165, 1.54) is 0 Å². The maximum atomic E-state index is 8.60. The molecule has 0 aliphatic rings. The van der Waals surface area contributed by atoms with Crippen molar-refractivity contribution in [2.24, 2.45) is 5.41 Å². The Labute approximate surface area is 101 Å². The van der Waals surface area contributed by atoms with Crippen LogP contribution in [0.2, 0.25) is 0 Å². The van der Waals surface area contributed by atoms with Crippen LogP contribution < -0.4 is 0 Å².